The Bertz CT molecular complexity index is 507. The lowest BCUT2D eigenvalue weighted by molar-refractivity contribution is -0.118. The molecule has 0 radical (unpaired) electrons. The summed E-state index contributed by atoms with van der Waals surface area (Å²) >= 11 is 0. The van der Waals surface area contributed by atoms with Gasteiger partial charge in [-0.25, -0.2) is 0 Å². The van der Waals surface area contributed by atoms with Crippen molar-refractivity contribution in [3.05, 3.63) is 29.8 Å². The number of carbonyl (C=O) groups excluding carboxylic acids is 2. The molecule has 1 aromatic carbocycles. The van der Waals surface area contributed by atoms with Crippen molar-refractivity contribution < 1.29 is 9.59 Å². The highest BCUT2D eigenvalue weighted by atomic mass is 35.5. The highest BCUT2D eigenvalue weighted by molar-refractivity contribution is 5.97. The molecule has 1 aromatic rings. The Morgan fingerprint density at radius 3 is 2.86 bits per heavy atom. The molecule has 1 aliphatic rings. The van der Waals surface area contributed by atoms with Crippen molar-refractivity contribution in [3.8, 4) is 0 Å². The molecular formula is C15H22ClN3O2. The first-order chi connectivity index (χ1) is 9.56. The Morgan fingerprint density at radius 2 is 2.19 bits per heavy atom. The van der Waals surface area contributed by atoms with E-state index in [-0.39, 0.29) is 24.1 Å². The number of benzene rings is 1. The lowest BCUT2D eigenvalue weighted by atomic mass is 10.1. The van der Waals surface area contributed by atoms with Crippen LogP contribution in [0.2, 0.25) is 0 Å². The largest absolute Gasteiger partial charge is 0.325 e. The minimum absolute atomic E-state index is 0. The van der Waals surface area contributed by atoms with Gasteiger partial charge in [0.2, 0.25) is 5.91 Å². The van der Waals surface area contributed by atoms with Gasteiger partial charge in [-0.3, -0.25) is 14.5 Å². The van der Waals surface area contributed by atoms with Gasteiger partial charge in [-0.1, -0.05) is 12.1 Å². The number of hydrogen-bond acceptors (Lipinski definition) is 4. The van der Waals surface area contributed by atoms with Crippen LogP contribution in [0.25, 0.3) is 0 Å². The zero-order valence-electron chi connectivity index (χ0n) is 12.4. The van der Waals surface area contributed by atoms with E-state index in [0.29, 0.717) is 23.8 Å². The summed E-state index contributed by atoms with van der Waals surface area (Å²) in [6, 6.07) is 7.39. The molecule has 116 valence electrons. The molecule has 6 heteroatoms. The molecule has 2 N–H and O–H groups in total. The molecule has 5 nitrogen and oxygen atoms in total. The molecule has 0 saturated carbocycles. The van der Waals surface area contributed by atoms with Crippen LogP contribution in [0.1, 0.15) is 24.2 Å². The van der Waals surface area contributed by atoms with Crippen LogP contribution < -0.4 is 10.6 Å². The second kappa shape index (κ2) is 8.12. The summed E-state index contributed by atoms with van der Waals surface area (Å²) in [5, 5.41) is 6.15. The number of nitrogens with zero attached hydrogens (tertiary/aromatic N) is 1. The Balaban J connectivity index is 0.00000220. The number of anilines is 1. The van der Waals surface area contributed by atoms with Gasteiger partial charge in [0.25, 0.3) is 0 Å². The van der Waals surface area contributed by atoms with Gasteiger partial charge in [-0.15, -0.1) is 12.4 Å². The topological polar surface area (TPSA) is 61.4 Å². The second-order valence-corrected chi connectivity index (χ2v) is 5.21. The molecule has 1 heterocycles. The standard InChI is InChI=1S/C15H21N3O2.ClH/c1-11-9-16-6-7-18(11)10-15(20)17-14-5-3-4-13(8-14)12(2)19;/h3-5,8,11,16H,6-7,9-10H2,1-2H3,(H,17,20);1H/t11-;/m0./s1. The van der Waals surface area contributed by atoms with Gasteiger partial charge in [-0.05, 0) is 26.0 Å². The summed E-state index contributed by atoms with van der Waals surface area (Å²) in [6.07, 6.45) is 0. The predicted molar refractivity (Wildman–Crippen MR) is 86.2 cm³/mol. The molecule has 2 rings (SSSR count). The third-order valence-electron chi connectivity index (χ3n) is 3.54. The second-order valence-electron chi connectivity index (χ2n) is 5.21. The van der Waals surface area contributed by atoms with Gasteiger partial charge in [-0.2, -0.15) is 0 Å². The van der Waals surface area contributed by atoms with Gasteiger partial charge in [0.15, 0.2) is 5.78 Å². The molecule has 1 aliphatic heterocycles. The van der Waals surface area contributed by atoms with Crippen molar-refractivity contribution in [3.63, 3.8) is 0 Å². The van der Waals surface area contributed by atoms with Crippen LogP contribution in [0.3, 0.4) is 0 Å². The van der Waals surface area contributed by atoms with Crippen LogP contribution in [-0.2, 0) is 4.79 Å². The fraction of sp³-hybridized carbons (Fsp3) is 0.467. The van der Waals surface area contributed by atoms with Crippen molar-refractivity contribution in [1.29, 1.82) is 0 Å². The van der Waals surface area contributed by atoms with E-state index in [1.54, 1.807) is 24.3 Å². The summed E-state index contributed by atoms with van der Waals surface area (Å²) in [5.41, 5.74) is 1.28. The fourth-order valence-corrected chi connectivity index (χ4v) is 2.32. The summed E-state index contributed by atoms with van der Waals surface area (Å²) < 4.78 is 0. The first-order valence-electron chi connectivity index (χ1n) is 6.92. The number of hydrogen-bond donors (Lipinski definition) is 2. The number of piperazine rings is 1. The maximum Gasteiger partial charge on any atom is 0.238 e. The highest BCUT2D eigenvalue weighted by Crippen LogP contribution is 2.11. The number of carbonyl (C=O) groups is 2. The molecular weight excluding hydrogens is 290 g/mol. The van der Waals surface area contributed by atoms with Gasteiger partial charge in [0, 0.05) is 36.9 Å². The van der Waals surface area contributed by atoms with Crippen molar-refractivity contribution in [2.24, 2.45) is 0 Å². The van der Waals surface area contributed by atoms with Crippen molar-refractivity contribution >= 4 is 29.8 Å². The summed E-state index contributed by atoms with van der Waals surface area (Å²) in [7, 11) is 0. The molecule has 0 bridgehead atoms. The highest BCUT2D eigenvalue weighted by Gasteiger charge is 2.20. The van der Waals surface area contributed by atoms with Crippen LogP contribution in [0, 0.1) is 0 Å². The van der Waals surface area contributed by atoms with Crippen molar-refractivity contribution in [2.45, 2.75) is 19.9 Å². The average Bonchev–Trinajstić information content (AvgIpc) is 2.41. The fourth-order valence-electron chi connectivity index (χ4n) is 2.32. The number of amides is 1. The van der Waals surface area contributed by atoms with Gasteiger partial charge >= 0.3 is 0 Å². The van der Waals surface area contributed by atoms with Gasteiger partial charge < -0.3 is 10.6 Å². The summed E-state index contributed by atoms with van der Waals surface area (Å²) in [5.74, 6) is -0.0451. The molecule has 0 unspecified atom stereocenters. The van der Waals surface area contributed by atoms with E-state index >= 15 is 0 Å². The van der Waals surface area contributed by atoms with E-state index in [9.17, 15) is 9.59 Å². The monoisotopic (exact) mass is 311 g/mol. The van der Waals surface area contributed by atoms with Gasteiger partial charge in [0.05, 0.1) is 6.54 Å². The Labute approximate surface area is 131 Å². The SMILES string of the molecule is CC(=O)c1cccc(NC(=O)CN2CCNC[C@@H]2C)c1.Cl. The number of Topliss-reactive ketones (excluding diaryl/α,β-unsaturated/α-hetero) is 1. The molecule has 1 amide bonds. The van der Waals surface area contributed by atoms with E-state index in [2.05, 4.69) is 22.5 Å². The summed E-state index contributed by atoms with van der Waals surface area (Å²) in [6.45, 7) is 6.71. The van der Waals surface area contributed by atoms with Crippen LogP contribution in [0.4, 0.5) is 5.69 Å². The van der Waals surface area contributed by atoms with Crippen LogP contribution in [-0.4, -0.2) is 48.8 Å². The Hall–Kier alpha value is -1.43. The van der Waals surface area contributed by atoms with E-state index in [1.807, 2.05) is 0 Å². The summed E-state index contributed by atoms with van der Waals surface area (Å²) in [4.78, 5) is 25.5. The number of ketones is 1. The smallest absolute Gasteiger partial charge is 0.238 e. The zero-order chi connectivity index (χ0) is 14.5. The number of halogens is 1. The molecule has 0 spiro atoms. The molecule has 1 fully saturated rings. The lowest BCUT2D eigenvalue weighted by Gasteiger charge is -2.33. The third kappa shape index (κ3) is 5.12. The van der Waals surface area contributed by atoms with E-state index in [0.717, 1.165) is 19.6 Å². The molecule has 0 aromatic heterocycles. The molecule has 1 saturated heterocycles. The van der Waals surface area contributed by atoms with Crippen LogP contribution >= 0.6 is 12.4 Å². The van der Waals surface area contributed by atoms with Crippen LogP contribution in [0.15, 0.2) is 24.3 Å². The quantitative estimate of drug-likeness (QED) is 0.828. The molecule has 21 heavy (non-hydrogen) atoms. The Kier molecular flexibility index (Phi) is 6.81. The predicted octanol–water partition coefficient (Wildman–Crippen LogP) is 1.54. The molecule has 0 aliphatic carbocycles. The van der Waals surface area contributed by atoms with Gasteiger partial charge in [0.1, 0.15) is 0 Å². The first-order valence-corrected chi connectivity index (χ1v) is 6.92. The normalized spacial score (nSPS) is 18.7. The van der Waals surface area contributed by atoms with Crippen molar-refractivity contribution in [1.82, 2.24) is 10.2 Å². The van der Waals surface area contributed by atoms with E-state index < -0.39 is 0 Å². The average molecular weight is 312 g/mol. The van der Waals surface area contributed by atoms with Crippen molar-refractivity contribution in [2.75, 3.05) is 31.5 Å². The first kappa shape index (κ1) is 17.6. The minimum atomic E-state index is -0.0422. The van der Waals surface area contributed by atoms with E-state index in [1.165, 1.54) is 6.92 Å². The Morgan fingerprint density at radius 1 is 1.43 bits per heavy atom. The zero-order valence-corrected chi connectivity index (χ0v) is 13.2. The minimum Gasteiger partial charge on any atom is -0.325 e. The number of nitrogens with one attached hydrogen (secondary N) is 2. The third-order valence-corrected chi connectivity index (χ3v) is 3.54. The maximum atomic E-state index is 12.0. The van der Waals surface area contributed by atoms with E-state index in [4.69, 9.17) is 0 Å². The van der Waals surface area contributed by atoms with Crippen LogP contribution in [0.5, 0.6) is 0 Å². The number of rotatable bonds is 4. The lowest BCUT2D eigenvalue weighted by Crippen LogP contribution is -2.51. The maximum absolute atomic E-state index is 12.0. The molecule has 1 atom stereocenters.